The largest absolute Gasteiger partial charge is 0.381 e. The standard InChI is InChI=1S/C32H47F2N3O3/c1-31(2,3)36-18-26(25-7-6-22(33)16-28(25)34)27(19-36)30(39)35-14-10-24(17-35)37(29(38)21-11-15-40-20-21)23-8-12-32(4,5)13-9-23/h6-7,16,21,23-24,26-27H,8-15,17-20H2,1-5H3/t21?,24?,26-,27+/m0/s1. The van der Waals surface area contributed by atoms with Crippen LogP contribution in [0, 0.1) is 28.9 Å². The zero-order valence-electron chi connectivity index (χ0n) is 24.9. The number of benzene rings is 1. The Bertz CT molecular complexity index is 1090. The predicted octanol–water partition coefficient (Wildman–Crippen LogP) is 5.21. The SMILES string of the molecule is CC1(C)CCC(N(C(=O)C2CCOC2)C2CCN(C(=O)[C@@H]3CN(C(C)(C)C)C[C@H]3c3ccc(F)cc3F)C2)CC1. The summed E-state index contributed by atoms with van der Waals surface area (Å²) in [5.74, 6) is -1.85. The van der Waals surface area contributed by atoms with Crippen LogP contribution in [0.5, 0.6) is 0 Å². The van der Waals surface area contributed by atoms with Crippen LogP contribution in [0.3, 0.4) is 0 Å². The third-order valence-corrected chi connectivity index (χ3v) is 10.1. The van der Waals surface area contributed by atoms with Gasteiger partial charge in [0.15, 0.2) is 0 Å². The van der Waals surface area contributed by atoms with E-state index in [2.05, 4.69) is 44.4 Å². The Hall–Kier alpha value is -2.06. The first-order chi connectivity index (χ1) is 18.8. The summed E-state index contributed by atoms with van der Waals surface area (Å²) in [5, 5.41) is 0. The molecule has 3 saturated heterocycles. The van der Waals surface area contributed by atoms with Gasteiger partial charge in [0.1, 0.15) is 11.6 Å². The van der Waals surface area contributed by atoms with Crippen LogP contribution in [-0.2, 0) is 14.3 Å². The number of ether oxygens (including phenoxy) is 1. The molecule has 3 heterocycles. The number of carbonyl (C=O) groups is 2. The molecule has 1 aromatic carbocycles. The van der Waals surface area contributed by atoms with Gasteiger partial charge in [0.2, 0.25) is 11.8 Å². The van der Waals surface area contributed by atoms with Gasteiger partial charge in [-0.1, -0.05) is 19.9 Å². The molecule has 1 saturated carbocycles. The van der Waals surface area contributed by atoms with Gasteiger partial charge in [-0.3, -0.25) is 14.5 Å². The highest BCUT2D eigenvalue weighted by Gasteiger charge is 2.47. The van der Waals surface area contributed by atoms with Crippen LogP contribution in [0.1, 0.15) is 84.6 Å². The maximum Gasteiger partial charge on any atom is 0.228 e. The number of likely N-dealkylation sites (tertiary alicyclic amines) is 2. The summed E-state index contributed by atoms with van der Waals surface area (Å²) in [7, 11) is 0. The molecular weight excluding hydrogens is 512 g/mol. The molecular formula is C32H47F2N3O3. The van der Waals surface area contributed by atoms with Gasteiger partial charge in [-0.2, -0.15) is 0 Å². The number of hydrogen-bond acceptors (Lipinski definition) is 4. The third-order valence-electron chi connectivity index (χ3n) is 10.1. The second-order valence-electron chi connectivity index (χ2n) is 14.4. The molecule has 1 aromatic rings. The zero-order chi connectivity index (χ0) is 28.8. The Morgan fingerprint density at radius 1 is 1.00 bits per heavy atom. The Labute approximate surface area is 238 Å². The molecule has 2 unspecified atom stereocenters. The van der Waals surface area contributed by atoms with E-state index in [1.165, 1.54) is 12.1 Å². The van der Waals surface area contributed by atoms with E-state index in [-0.39, 0.29) is 41.3 Å². The van der Waals surface area contributed by atoms with Crippen molar-refractivity contribution in [3.8, 4) is 0 Å². The molecule has 6 nitrogen and oxygen atoms in total. The van der Waals surface area contributed by atoms with Crippen LogP contribution >= 0.6 is 0 Å². The van der Waals surface area contributed by atoms with Crippen LogP contribution in [0.25, 0.3) is 0 Å². The molecule has 3 aliphatic heterocycles. The molecule has 0 aromatic heterocycles. The summed E-state index contributed by atoms with van der Waals surface area (Å²) in [6, 6.07) is 3.90. The van der Waals surface area contributed by atoms with Gasteiger partial charge in [-0.15, -0.1) is 0 Å². The lowest BCUT2D eigenvalue weighted by molar-refractivity contribution is -0.143. The summed E-state index contributed by atoms with van der Waals surface area (Å²) in [6.45, 7) is 14.2. The second-order valence-corrected chi connectivity index (χ2v) is 14.4. The molecule has 8 heteroatoms. The first-order valence-electron chi connectivity index (χ1n) is 15.2. The third kappa shape index (κ3) is 6.08. The summed E-state index contributed by atoms with van der Waals surface area (Å²) < 4.78 is 34.3. The normalized spacial score (nSPS) is 29.7. The summed E-state index contributed by atoms with van der Waals surface area (Å²) in [6.07, 6.45) is 5.69. The predicted molar refractivity (Wildman–Crippen MR) is 151 cm³/mol. The lowest BCUT2D eigenvalue weighted by atomic mass is 9.75. The van der Waals surface area contributed by atoms with E-state index in [0.717, 1.165) is 44.6 Å². The van der Waals surface area contributed by atoms with Gasteiger partial charge in [-0.05, 0) is 76.3 Å². The van der Waals surface area contributed by atoms with Crippen molar-refractivity contribution in [1.82, 2.24) is 14.7 Å². The number of amides is 2. The maximum atomic E-state index is 15.0. The quantitative estimate of drug-likeness (QED) is 0.497. The molecule has 4 aliphatic rings. The van der Waals surface area contributed by atoms with Crippen molar-refractivity contribution in [2.75, 3.05) is 39.4 Å². The molecule has 5 rings (SSSR count). The molecule has 1 aliphatic carbocycles. The van der Waals surface area contributed by atoms with Crippen molar-refractivity contribution >= 4 is 11.8 Å². The van der Waals surface area contributed by atoms with Gasteiger partial charge in [-0.25, -0.2) is 8.78 Å². The van der Waals surface area contributed by atoms with E-state index < -0.39 is 17.6 Å². The number of rotatable bonds is 5. The molecule has 222 valence electrons. The fourth-order valence-corrected chi connectivity index (χ4v) is 7.38. The van der Waals surface area contributed by atoms with Gasteiger partial charge in [0.05, 0.1) is 24.5 Å². The smallest absolute Gasteiger partial charge is 0.228 e. The summed E-state index contributed by atoms with van der Waals surface area (Å²) in [4.78, 5) is 34.3. The minimum atomic E-state index is -0.610. The molecule has 4 fully saturated rings. The zero-order valence-corrected chi connectivity index (χ0v) is 24.9. The average molecular weight is 560 g/mol. The van der Waals surface area contributed by atoms with Crippen molar-refractivity contribution in [3.63, 3.8) is 0 Å². The van der Waals surface area contributed by atoms with Crippen molar-refractivity contribution in [1.29, 1.82) is 0 Å². The molecule has 2 amide bonds. The highest BCUT2D eigenvalue weighted by atomic mass is 19.1. The van der Waals surface area contributed by atoms with Crippen molar-refractivity contribution < 1.29 is 23.1 Å². The topological polar surface area (TPSA) is 53.1 Å². The van der Waals surface area contributed by atoms with Gasteiger partial charge >= 0.3 is 0 Å². The lowest BCUT2D eigenvalue weighted by Gasteiger charge is -2.43. The molecule has 0 spiro atoms. The maximum absolute atomic E-state index is 15.0. The lowest BCUT2D eigenvalue weighted by Crippen LogP contribution is -2.52. The molecule has 0 radical (unpaired) electrons. The van der Waals surface area contributed by atoms with Crippen LogP contribution in [-0.4, -0.2) is 83.5 Å². The Balaban J connectivity index is 1.35. The van der Waals surface area contributed by atoms with Crippen molar-refractivity contribution in [3.05, 3.63) is 35.4 Å². The van der Waals surface area contributed by atoms with E-state index in [0.29, 0.717) is 50.4 Å². The Kier molecular flexibility index (Phi) is 8.33. The monoisotopic (exact) mass is 559 g/mol. The molecule has 4 atom stereocenters. The van der Waals surface area contributed by atoms with E-state index in [4.69, 9.17) is 4.74 Å². The first-order valence-corrected chi connectivity index (χ1v) is 15.2. The molecule has 0 N–H and O–H groups in total. The van der Waals surface area contributed by atoms with Gasteiger partial charge < -0.3 is 14.5 Å². The second kappa shape index (κ2) is 11.3. The number of carbonyl (C=O) groups excluding carboxylic acids is 2. The van der Waals surface area contributed by atoms with E-state index >= 15 is 0 Å². The van der Waals surface area contributed by atoms with E-state index in [1.54, 1.807) is 0 Å². The fraction of sp³-hybridized carbons (Fsp3) is 0.750. The highest BCUT2D eigenvalue weighted by molar-refractivity contribution is 5.82. The van der Waals surface area contributed by atoms with E-state index in [1.807, 2.05) is 4.90 Å². The van der Waals surface area contributed by atoms with Gasteiger partial charge in [0.25, 0.3) is 0 Å². The number of hydrogen-bond donors (Lipinski definition) is 0. The van der Waals surface area contributed by atoms with Crippen LogP contribution in [0.4, 0.5) is 8.78 Å². The first kappa shape index (κ1) is 29.4. The van der Waals surface area contributed by atoms with Crippen LogP contribution < -0.4 is 0 Å². The van der Waals surface area contributed by atoms with Crippen molar-refractivity contribution in [2.45, 2.75) is 96.7 Å². The summed E-state index contributed by atoms with van der Waals surface area (Å²) >= 11 is 0. The van der Waals surface area contributed by atoms with E-state index in [9.17, 15) is 18.4 Å². The van der Waals surface area contributed by atoms with Crippen LogP contribution in [0.2, 0.25) is 0 Å². The molecule has 0 bridgehead atoms. The summed E-state index contributed by atoms with van der Waals surface area (Å²) in [5.41, 5.74) is 0.523. The molecule has 40 heavy (non-hydrogen) atoms. The number of halogens is 2. The highest BCUT2D eigenvalue weighted by Crippen LogP contribution is 2.41. The average Bonchev–Trinajstić information content (AvgIpc) is 3.65. The Morgan fingerprint density at radius 3 is 2.35 bits per heavy atom. The minimum absolute atomic E-state index is 0.00982. The number of nitrogens with zero attached hydrogens (tertiary/aromatic N) is 3. The Morgan fingerprint density at radius 2 is 1.73 bits per heavy atom. The van der Waals surface area contributed by atoms with Crippen molar-refractivity contribution in [2.24, 2.45) is 17.3 Å². The van der Waals surface area contributed by atoms with Crippen LogP contribution in [0.15, 0.2) is 18.2 Å². The minimum Gasteiger partial charge on any atom is -0.381 e. The van der Waals surface area contributed by atoms with Gasteiger partial charge in [0, 0.05) is 56.4 Å². The fourth-order valence-electron chi connectivity index (χ4n) is 7.38.